The normalized spacial score (nSPS) is 19.9. The summed E-state index contributed by atoms with van der Waals surface area (Å²) < 4.78 is 52.4. The molecule has 2 aliphatic heterocycles. The van der Waals surface area contributed by atoms with Gasteiger partial charge in [-0.2, -0.15) is 18.3 Å². The van der Waals surface area contributed by atoms with E-state index >= 15 is 0 Å². The monoisotopic (exact) mass is 411 g/mol. The van der Waals surface area contributed by atoms with Crippen LogP contribution in [0, 0.1) is 0 Å². The zero-order valence-electron chi connectivity index (χ0n) is 15.0. The summed E-state index contributed by atoms with van der Waals surface area (Å²) in [7, 11) is 0. The first kappa shape index (κ1) is 18.9. The van der Waals surface area contributed by atoms with Gasteiger partial charge in [-0.1, -0.05) is 6.07 Å². The van der Waals surface area contributed by atoms with Gasteiger partial charge < -0.3 is 14.8 Å². The molecule has 12 heteroatoms. The van der Waals surface area contributed by atoms with Crippen LogP contribution in [0.15, 0.2) is 24.3 Å². The second-order valence-electron chi connectivity index (χ2n) is 6.60. The molecule has 3 heterocycles. The van der Waals surface area contributed by atoms with Crippen LogP contribution in [0.3, 0.4) is 0 Å². The molecule has 0 bridgehead atoms. The van der Waals surface area contributed by atoms with Crippen molar-refractivity contribution in [2.45, 2.75) is 31.6 Å². The fraction of sp³-hybridized carbons (Fsp3) is 0.353. The van der Waals surface area contributed by atoms with Crippen molar-refractivity contribution in [2.24, 2.45) is 0 Å². The smallest absolute Gasteiger partial charge is 0.410 e. The maximum Gasteiger partial charge on any atom is 0.410 e. The van der Waals surface area contributed by atoms with E-state index in [4.69, 9.17) is 9.47 Å². The molecule has 0 aliphatic carbocycles. The molecule has 3 N–H and O–H groups in total. The molecule has 29 heavy (non-hydrogen) atoms. The Morgan fingerprint density at radius 3 is 2.69 bits per heavy atom. The first-order chi connectivity index (χ1) is 13.7. The Kier molecular flexibility index (Phi) is 4.47. The molecule has 2 unspecified atom stereocenters. The third-order valence-corrected chi connectivity index (χ3v) is 4.57. The Balaban J connectivity index is 1.64. The number of fused-ring (bicyclic) bond motifs is 2. The topological polar surface area (TPSA) is 107 Å². The number of alkyl halides is 3. The Morgan fingerprint density at radius 1 is 1.21 bits per heavy atom. The van der Waals surface area contributed by atoms with Crippen LogP contribution < -0.4 is 25.6 Å². The molecular formula is C17H16F3N5O4. The van der Waals surface area contributed by atoms with E-state index < -0.39 is 30.1 Å². The highest BCUT2D eigenvalue weighted by atomic mass is 19.4. The Labute approximate surface area is 162 Å². The van der Waals surface area contributed by atoms with Gasteiger partial charge >= 0.3 is 6.18 Å². The summed E-state index contributed by atoms with van der Waals surface area (Å²) in [6.07, 6.45) is -4.91. The number of ether oxygens (including phenoxy) is 2. The van der Waals surface area contributed by atoms with Gasteiger partial charge in [0.1, 0.15) is 5.82 Å². The minimum Gasteiger partial charge on any atom is -0.454 e. The van der Waals surface area contributed by atoms with E-state index in [-0.39, 0.29) is 24.7 Å². The number of aromatic nitrogens is 2. The van der Waals surface area contributed by atoms with Crippen molar-refractivity contribution in [1.29, 1.82) is 0 Å². The molecule has 0 saturated heterocycles. The van der Waals surface area contributed by atoms with Crippen LogP contribution in [0.2, 0.25) is 0 Å². The minimum atomic E-state index is -4.58. The summed E-state index contributed by atoms with van der Waals surface area (Å²) in [5.74, 6) is -0.337. The van der Waals surface area contributed by atoms with E-state index in [1.54, 1.807) is 18.2 Å². The Bertz CT molecular complexity index is 974. The van der Waals surface area contributed by atoms with Crippen molar-refractivity contribution in [2.75, 3.05) is 12.1 Å². The summed E-state index contributed by atoms with van der Waals surface area (Å²) >= 11 is 0. The predicted molar refractivity (Wildman–Crippen MR) is 92.1 cm³/mol. The van der Waals surface area contributed by atoms with E-state index in [1.807, 2.05) is 0 Å². The van der Waals surface area contributed by atoms with E-state index in [2.05, 4.69) is 21.3 Å². The number of anilines is 1. The van der Waals surface area contributed by atoms with Crippen LogP contribution in [0.25, 0.3) is 0 Å². The third kappa shape index (κ3) is 3.65. The van der Waals surface area contributed by atoms with Crippen molar-refractivity contribution in [3.05, 3.63) is 35.5 Å². The van der Waals surface area contributed by atoms with Crippen LogP contribution in [0.5, 0.6) is 11.5 Å². The molecule has 2 amide bonds. The van der Waals surface area contributed by atoms with Crippen LogP contribution >= 0.6 is 0 Å². The average Bonchev–Trinajstić information content (AvgIpc) is 3.30. The summed E-state index contributed by atoms with van der Waals surface area (Å²) in [4.78, 5) is 23.0. The van der Waals surface area contributed by atoms with Gasteiger partial charge in [-0.15, -0.1) is 0 Å². The van der Waals surface area contributed by atoms with E-state index in [0.29, 0.717) is 17.1 Å². The van der Waals surface area contributed by atoms with Gasteiger partial charge in [0.2, 0.25) is 12.7 Å². The highest BCUT2D eigenvalue weighted by Crippen LogP contribution is 2.45. The number of nitrogens with zero attached hydrogens (tertiary/aromatic N) is 2. The highest BCUT2D eigenvalue weighted by molar-refractivity contribution is 5.94. The summed E-state index contributed by atoms with van der Waals surface area (Å²) in [6, 6.07) is 3.51. The molecule has 0 spiro atoms. The lowest BCUT2D eigenvalue weighted by Crippen LogP contribution is -2.40. The lowest BCUT2D eigenvalue weighted by atomic mass is 9.96. The van der Waals surface area contributed by atoms with Crippen LogP contribution in [-0.4, -0.2) is 34.6 Å². The number of nitrogens with one attached hydrogen (secondary N) is 3. The SMILES string of the molecule is CC(=O)NNC(=O)c1cc2n(n1)C(C(F)(F)F)CC(c1ccc3c(c1)OCO3)N2. The van der Waals surface area contributed by atoms with Crippen molar-refractivity contribution in [3.63, 3.8) is 0 Å². The lowest BCUT2D eigenvalue weighted by Gasteiger charge is -2.33. The van der Waals surface area contributed by atoms with Gasteiger partial charge in [0, 0.05) is 19.4 Å². The fourth-order valence-corrected chi connectivity index (χ4v) is 3.24. The maximum absolute atomic E-state index is 13.7. The molecule has 0 radical (unpaired) electrons. The quantitative estimate of drug-likeness (QED) is 0.654. The zero-order chi connectivity index (χ0) is 20.8. The fourth-order valence-electron chi connectivity index (χ4n) is 3.24. The highest BCUT2D eigenvalue weighted by Gasteiger charge is 2.47. The number of halogens is 3. The number of amides is 2. The van der Waals surface area contributed by atoms with Crippen molar-refractivity contribution >= 4 is 17.6 Å². The molecule has 2 atom stereocenters. The number of rotatable bonds is 2. The first-order valence-electron chi connectivity index (χ1n) is 8.61. The minimum absolute atomic E-state index is 0.0363. The predicted octanol–water partition coefficient (Wildman–Crippen LogP) is 2.05. The van der Waals surface area contributed by atoms with Crippen molar-refractivity contribution < 1.29 is 32.2 Å². The van der Waals surface area contributed by atoms with Gasteiger partial charge in [-0.05, 0) is 17.7 Å². The molecule has 0 fully saturated rings. The third-order valence-electron chi connectivity index (χ3n) is 4.57. The lowest BCUT2D eigenvalue weighted by molar-refractivity contribution is -0.173. The summed E-state index contributed by atoms with van der Waals surface area (Å²) in [5.41, 5.74) is 4.47. The molecular weight excluding hydrogens is 395 g/mol. The second kappa shape index (κ2) is 6.87. The number of hydrogen-bond donors (Lipinski definition) is 3. The molecule has 154 valence electrons. The summed E-state index contributed by atoms with van der Waals surface area (Å²) in [5, 5.41) is 6.77. The molecule has 1 aromatic heterocycles. The molecule has 0 saturated carbocycles. The van der Waals surface area contributed by atoms with Crippen molar-refractivity contribution in [1.82, 2.24) is 20.6 Å². The number of hydrazine groups is 1. The molecule has 1 aromatic carbocycles. The van der Waals surface area contributed by atoms with E-state index in [9.17, 15) is 22.8 Å². The molecule has 2 aromatic rings. The number of hydrogen-bond acceptors (Lipinski definition) is 6. The Morgan fingerprint density at radius 2 is 1.97 bits per heavy atom. The zero-order valence-corrected chi connectivity index (χ0v) is 15.0. The van der Waals surface area contributed by atoms with Gasteiger partial charge in [0.15, 0.2) is 23.2 Å². The molecule has 2 aliphatic rings. The second-order valence-corrected chi connectivity index (χ2v) is 6.60. The van der Waals surface area contributed by atoms with Crippen LogP contribution in [0.1, 0.15) is 41.5 Å². The first-order valence-corrected chi connectivity index (χ1v) is 8.61. The maximum atomic E-state index is 13.7. The van der Waals surface area contributed by atoms with Gasteiger partial charge in [0.25, 0.3) is 5.91 Å². The van der Waals surface area contributed by atoms with Crippen molar-refractivity contribution in [3.8, 4) is 11.5 Å². The van der Waals surface area contributed by atoms with Gasteiger partial charge in [0.05, 0.1) is 6.04 Å². The summed E-state index contributed by atoms with van der Waals surface area (Å²) in [6.45, 7) is 1.23. The van der Waals surface area contributed by atoms with Crippen LogP contribution in [-0.2, 0) is 4.79 Å². The van der Waals surface area contributed by atoms with E-state index in [1.165, 1.54) is 13.0 Å². The number of carbonyl (C=O) groups excluding carboxylic acids is 2. The average molecular weight is 411 g/mol. The molecule has 9 nitrogen and oxygen atoms in total. The molecule has 4 rings (SSSR count). The Hall–Kier alpha value is -3.44. The van der Waals surface area contributed by atoms with Gasteiger partial charge in [-0.25, -0.2) is 4.68 Å². The number of benzene rings is 1. The standard InChI is InChI=1S/C17H16F3N5O4/c1-8(26)22-23-16(27)11-6-15-21-10(5-14(17(18,19)20)25(15)24-11)9-2-3-12-13(4-9)29-7-28-12/h2-4,6,10,14,21H,5,7H2,1H3,(H,22,26)(H,23,27). The van der Waals surface area contributed by atoms with E-state index in [0.717, 1.165) is 4.68 Å². The van der Waals surface area contributed by atoms with Gasteiger partial charge in [-0.3, -0.25) is 20.4 Å². The largest absolute Gasteiger partial charge is 0.454 e. The number of carbonyl (C=O) groups is 2. The van der Waals surface area contributed by atoms with Crippen LogP contribution in [0.4, 0.5) is 19.0 Å².